The number of nitrogens with zero attached hydrogens (tertiary/aromatic N) is 1. The maximum atomic E-state index is 12.7. The first-order valence-electron chi connectivity index (χ1n) is 8.50. The second-order valence-corrected chi connectivity index (χ2v) is 7.79. The van der Waals surface area contributed by atoms with Gasteiger partial charge in [0.25, 0.3) is 5.91 Å². The summed E-state index contributed by atoms with van der Waals surface area (Å²) in [6.07, 6.45) is 0. The van der Waals surface area contributed by atoms with E-state index in [0.29, 0.717) is 63.8 Å². The van der Waals surface area contributed by atoms with Gasteiger partial charge in [0.05, 0.1) is 37.9 Å². The molecule has 1 heterocycles. The average Bonchev–Trinajstić information content (AvgIpc) is 2.65. The highest BCUT2D eigenvalue weighted by Crippen LogP contribution is 2.20. The van der Waals surface area contributed by atoms with Crippen LogP contribution in [0.4, 0.5) is 0 Å². The van der Waals surface area contributed by atoms with E-state index in [1.807, 2.05) is 0 Å². The van der Waals surface area contributed by atoms with Crippen LogP contribution >= 0.6 is 0 Å². The standard InChI is InChI=1S/C17H26N2O6S/c1-14-3-4-15(26(21,22)19-6-9-25-10-7-19)13-16(14)17(20)18-5-8-24-12-11-23-2/h3-4,13H,5-12H2,1-2H3,(H,18,20). The molecule has 146 valence electrons. The number of methoxy groups -OCH3 is 1. The third-order valence-corrected chi connectivity index (χ3v) is 5.92. The molecule has 0 unspecified atom stereocenters. The number of morpholine rings is 1. The van der Waals surface area contributed by atoms with Crippen molar-refractivity contribution in [2.24, 2.45) is 0 Å². The Labute approximate surface area is 154 Å². The molecule has 1 saturated heterocycles. The van der Waals surface area contributed by atoms with Crippen molar-refractivity contribution in [3.8, 4) is 0 Å². The first kappa shape index (κ1) is 20.8. The van der Waals surface area contributed by atoms with Gasteiger partial charge in [-0.15, -0.1) is 0 Å². The Morgan fingerprint density at radius 1 is 1.23 bits per heavy atom. The van der Waals surface area contributed by atoms with E-state index >= 15 is 0 Å². The van der Waals surface area contributed by atoms with Gasteiger partial charge in [-0.25, -0.2) is 8.42 Å². The van der Waals surface area contributed by atoms with Gasteiger partial charge in [0.15, 0.2) is 0 Å². The number of benzene rings is 1. The van der Waals surface area contributed by atoms with Gasteiger partial charge in [-0.2, -0.15) is 4.31 Å². The van der Waals surface area contributed by atoms with Crippen molar-refractivity contribution >= 4 is 15.9 Å². The highest BCUT2D eigenvalue weighted by molar-refractivity contribution is 7.89. The van der Waals surface area contributed by atoms with Crippen molar-refractivity contribution in [2.75, 3.05) is 59.8 Å². The number of ether oxygens (including phenoxy) is 3. The molecule has 0 atom stereocenters. The normalized spacial score (nSPS) is 15.8. The monoisotopic (exact) mass is 386 g/mol. The molecule has 1 aliphatic heterocycles. The summed E-state index contributed by atoms with van der Waals surface area (Å²) in [5, 5.41) is 2.74. The van der Waals surface area contributed by atoms with Gasteiger partial charge in [-0.1, -0.05) is 6.07 Å². The minimum absolute atomic E-state index is 0.117. The van der Waals surface area contributed by atoms with Crippen molar-refractivity contribution in [3.05, 3.63) is 29.3 Å². The predicted octanol–water partition coefficient (Wildman–Crippen LogP) is 0.409. The molecule has 1 aromatic carbocycles. The quantitative estimate of drug-likeness (QED) is 0.618. The Kier molecular flexibility index (Phi) is 7.98. The summed E-state index contributed by atoms with van der Waals surface area (Å²) >= 11 is 0. The molecule has 0 spiro atoms. The largest absolute Gasteiger partial charge is 0.382 e. The number of sulfonamides is 1. The smallest absolute Gasteiger partial charge is 0.251 e. The van der Waals surface area contributed by atoms with Crippen LogP contribution in [0, 0.1) is 6.92 Å². The lowest BCUT2D eigenvalue weighted by Crippen LogP contribution is -2.40. The van der Waals surface area contributed by atoms with Crippen molar-refractivity contribution in [3.63, 3.8) is 0 Å². The van der Waals surface area contributed by atoms with Crippen LogP contribution in [0.15, 0.2) is 23.1 Å². The van der Waals surface area contributed by atoms with Crippen LogP contribution < -0.4 is 5.32 Å². The highest BCUT2D eigenvalue weighted by atomic mass is 32.2. The topological polar surface area (TPSA) is 94.2 Å². The van der Waals surface area contributed by atoms with E-state index in [4.69, 9.17) is 14.2 Å². The van der Waals surface area contributed by atoms with Gasteiger partial charge < -0.3 is 19.5 Å². The molecular weight excluding hydrogens is 360 g/mol. The van der Waals surface area contributed by atoms with E-state index in [-0.39, 0.29) is 10.8 Å². The molecule has 0 aromatic heterocycles. The van der Waals surface area contributed by atoms with Crippen molar-refractivity contribution < 1.29 is 27.4 Å². The summed E-state index contributed by atoms with van der Waals surface area (Å²) < 4.78 is 42.2. The SMILES string of the molecule is COCCOCCNC(=O)c1cc(S(=O)(=O)N2CCOCC2)ccc1C. The van der Waals surface area contributed by atoms with Crippen LogP contribution in [0.2, 0.25) is 0 Å². The van der Waals surface area contributed by atoms with Crippen molar-refractivity contribution in [2.45, 2.75) is 11.8 Å². The maximum absolute atomic E-state index is 12.7. The zero-order valence-electron chi connectivity index (χ0n) is 15.2. The van der Waals surface area contributed by atoms with E-state index in [2.05, 4.69) is 5.32 Å². The second-order valence-electron chi connectivity index (χ2n) is 5.85. The van der Waals surface area contributed by atoms with Crippen LogP contribution in [0.25, 0.3) is 0 Å². The lowest BCUT2D eigenvalue weighted by Gasteiger charge is -2.26. The van der Waals surface area contributed by atoms with E-state index < -0.39 is 10.0 Å². The number of carbonyl (C=O) groups excluding carboxylic acids is 1. The first-order valence-corrected chi connectivity index (χ1v) is 9.94. The summed E-state index contributed by atoms with van der Waals surface area (Å²) in [7, 11) is -2.05. The van der Waals surface area contributed by atoms with Gasteiger partial charge in [-0.05, 0) is 24.6 Å². The third kappa shape index (κ3) is 5.49. The summed E-state index contributed by atoms with van der Waals surface area (Å²) in [6, 6.07) is 4.61. The summed E-state index contributed by atoms with van der Waals surface area (Å²) in [4.78, 5) is 12.5. The Morgan fingerprint density at radius 3 is 2.65 bits per heavy atom. The van der Waals surface area contributed by atoms with Crippen LogP contribution in [0.3, 0.4) is 0 Å². The van der Waals surface area contributed by atoms with Crippen molar-refractivity contribution in [1.29, 1.82) is 0 Å². The Hall–Kier alpha value is -1.52. The number of amides is 1. The first-order chi connectivity index (χ1) is 12.5. The number of hydrogen-bond donors (Lipinski definition) is 1. The zero-order valence-corrected chi connectivity index (χ0v) is 16.0. The molecule has 1 aromatic rings. The zero-order chi connectivity index (χ0) is 19.0. The predicted molar refractivity (Wildman–Crippen MR) is 95.8 cm³/mol. The molecular formula is C17H26N2O6S. The molecule has 0 bridgehead atoms. The second kappa shape index (κ2) is 9.98. The lowest BCUT2D eigenvalue weighted by atomic mass is 10.1. The molecule has 1 amide bonds. The van der Waals surface area contributed by atoms with Gasteiger partial charge in [-0.3, -0.25) is 4.79 Å². The number of rotatable bonds is 9. The van der Waals surface area contributed by atoms with Gasteiger partial charge in [0.1, 0.15) is 0 Å². The van der Waals surface area contributed by atoms with E-state index in [1.165, 1.54) is 16.4 Å². The van der Waals surface area contributed by atoms with E-state index in [0.717, 1.165) is 0 Å². The van der Waals surface area contributed by atoms with Crippen molar-refractivity contribution in [1.82, 2.24) is 9.62 Å². The molecule has 0 radical (unpaired) electrons. The third-order valence-electron chi connectivity index (χ3n) is 4.03. The van der Waals surface area contributed by atoms with E-state index in [9.17, 15) is 13.2 Å². The van der Waals surface area contributed by atoms with Crippen LogP contribution in [0.1, 0.15) is 15.9 Å². The van der Waals surface area contributed by atoms with Gasteiger partial charge in [0, 0.05) is 32.3 Å². The molecule has 26 heavy (non-hydrogen) atoms. The maximum Gasteiger partial charge on any atom is 0.251 e. The number of carbonyl (C=O) groups is 1. The minimum atomic E-state index is -3.64. The number of hydrogen-bond acceptors (Lipinski definition) is 6. The highest BCUT2D eigenvalue weighted by Gasteiger charge is 2.27. The fourth-order valence-corrected chi connectivity index (χ4v) is 3.95. The molecule has 2 rings (SSSR count). The molecule has 9 heteroatoms. The Balaban J connectivity index is 2.03. The average molecular weight is 386 g/mol. The molecule has 8 nitrogen and oxygen atoms in total. The molecule has 1 fully saturated rings. The number of aryl methyl sites for hydroxylation is 1. The summed E-state index contributed by atoms with van der Waals surface area (Å²) in [5.74, 6) is -0.322. The van der Waals surface area contributed by atoms with E-state index in [1.54, 1.807) is 20.1 Å². The lowest BCUT2D eigenvalue weighted by molar-refractivity contribution is 0.0692. The van der Waals surface area contributed by atoms with Gasteiger partial charge >= 0.3 is 0 Å². The number of nitrogens with one attached hydrogen (secondary N) is 1. The Morgan fingerprint density at radius 2 is 1.96 bits per heavy atom. The summed E-state index contributed by atoms with van der Waals surface area (Å²) in [5.41, 5.74) is 1.06. The fraction of sp³-hybridized carbons (Fsp3) is 0.588. The Bertz CT molecular complexity index is 701. The van der Waals surface area contributed by atoms with Crippen LogP contribution in [0.5, 0.6) is 0 Å². The molecule has 0 aliphatic carbocycles. The fourth-order valence-electron chi connectivity index (χ4n) is 2.52. The van der Waals surface area contributed by atoms with Gasteiger partial charge in [0.2, 0.25) is 10.0 Å². The molecule has 1 aliphatic rings. The molecule has 0 saturated carbocycles. The minimum Gasteiger partial charge on any atom is -0.382 e. The molecule has 1 N–H and O–H groups in total. The van der Waals surface area contributed by atoms with Crippen LogP contribution in [-0.4, -0.2) is 78.4 Å². The van der Waals surface area contributed by atoms with Crippen LogP contribution in [-0.2, 0) is 24.2 Å². The summed E-state index contributed by atoms with van der Waals surface area (Å²) in [6.45, 7) is 4.81.